The van der Waals surface area contributed by atoms with E-state index < -0.39 is 0 Å². The number of nitrogens with zero attached hydrogens (tertiary/aromatic N) is 1. The second-order valence-corrected chi connectivity index (χ2v) is 4.85. The van der Waals surface area contributed by atoms with Crippen LogP contribution in [0.15, 0.2) is 30.3 Å². The van der Waals surface area contributed by atoms with Crippen LogP contribution < -0.4 is 10.6 Å². The Morgan fingerprint density at radius 3 is 2.83 bits per heavy atom. The van der Waals surface area contributed by atoms with Crippen molar-refractivity contribution in [3.8, 4) is 0 Å². The minimum Gasteiger partial charge on any atom is -0.338 e. The first-order valence-electron chi connectivity index (χ1n) is 6.46. The van der Waals surface area contributed by atoms with E-state index in [4.69, 9.17) is 0 Å². The van der Waals surface area contributed by atoms with E-state index in [-0.39, 0.29) is 12.1 Å². The number of carbonyl (C=O) groups excluding carboxylic acids is 1. The number of nitrogens with one attached hydrogen (secondary N) is 2. The molecule has 2 amide bonds. The molecule has 4 heteroatoms. The molecule has 2 N–H and O–H groups in total. The van der Waals surface area contributed by atoms with Crippen LogP contribution in [0.4, 0.5) is 4.79 Å². The Kier molecular flexibility index (Phi) is 4.20. The summed E-state index contributed by atoms with van der Waals surface area (Å²) in [6.07, 6.45) is 0. The molecule has 2 rings (SSSR count). The van der Waals surface area contributed by atoms with Gasteiger partial charge >= 0.3 is 6.03 Å². The highest BCUT2D eigenvalue weighted by molar-refractivity contribution is 5.75. The van der Waals surface area contributed by atoms with E-state index in [0.717, 1.165) is 19.6 Å². The molecule has 1 aliphatic heterocycles. The van der Waals surface area contributed by atoms with Crippen molar-refractivity contribution < 1.29 is 4.79 Å². The molecule has 0 saturated carbocycles. The van der Waals surface area contributed by atoms with Gasteiger partial charge in [-0.2, -0.15) is 0 Å². The summed E-state index contributed by atoms with van der Waals surface area (Å²) in [6, 6.07) is 10.3. The lowest BCUT2D eigenvalue weighted by Gasteiger charge is -2.37. The summed E-state index contributed by atoms with van der Waals surface area (Å²) in [5.41, 5.74) is 1.18. The van der Waals surface area contributed by atoms with Crippen molar-refractivity contribution in [2.45, 2.75) is 13.0 Å². The summed E-state index contributed by atoms with van der Waals surface area (Å²) in [5, 5.41) is 6.14. The molecule has 18 heavy (non-hydrogen) atoms. The largest absolute Gasteiger partial charge is 0.338 e. The van der Waals surface area contributed by atoms with Gasteiger partial charge in [0.15, 0.2) is 0 Å². The van der Waals surface area contributed by atoms with Crippen LogP contribution in [-0.4, -0.2) is 37.6 Å². The van der Waals surface area contributed by atoms with Crippen molar-refractivity contribution in [2.24, 2.45) is 5.92 Å². The molecule has 2 atom stereocenters. The molecular weight excluding hydrogens is 226 g/mol. The lowest BCUT2D eigenvalue weighted by atomic mass is 10.0. The summed E-state index contributed by atoms with van der Waals surface area (Å²) in [5.74, 6) is 0.471. The fourth-order valence-electron chi connectivity index (χ4n) is 2.43. The van der Waals surface area contributed by atoms with E-state index in [0.29, 0.717) is 5.92 Å². The minimum atomic E-state index is 0.0405. The number of carbonyl (C=O) groups is 1. The maximum absolute atomic E-state index is 12.0. The zero-order valence-corrected chi connectivity index (χ0v) is 11.0. The number of hydrogen-bond acceptors (Lipinski definition) is 2. The lowest BCUT2D eigenvalue weighted by molar-refractivity contribution is 0.145. The quantitative estimate of drug-likeness (QED) is 0.849. The van der Waals surface area contributed by atoms with Gasteiger partial charge in [0.05, 0.1) is 6.04 Å². The maximum Gasteiger partial charge on any atom is 0.317 e. The smallest absolute Gasteiger partial charge is 0.317 e. The van der Waals surface area contributed by atoms with E-state index in [9.17, 15) is 4.79 Å². The van der Waals surface area contributed by atoms with Gasteiger partial charge in [0.2, 0.25) is 0 Å². The van der Waals surface area contributed by atoms with Crippen molar-refractivity contribution in [1.82, 2.24) is 15.5 Å². The highest BCUT2D eigenvalue weighted by Gasteiger charge is 2.28. The third-order valence-corrected chi connectivity index (χ3v) is 3.50. The first kappa shape index (κ1) is 12.9. The van der Waals surface area contributed by atoms with E-state index >= 15 is 0 Å². The highest BCUT2D eigenvalue weighted by atomic mass is 16.2. The Hall–Kier alpha value is -1.55. The highest BCUT2D eigenvalue weighted by Crippen LogP contribution is 2.22. The van der Waals surface area contributed by atoms with Crippen LogP contribution in [0.1, 0.15) is 18.5 Å². The normalized spacial score (nSPS) is 21.6. The van der Waals surface area contributed by atoms with Crippen LogP contribution in [-0.2, 0) is 0 Å². The predicted octanol–water partition coefficient (Wildman–Crippen LogP) is 1.61. The zero-order valence-electron chi connectivity index (χ0n) is 11.0. The monoisotopic (exact) mass is 247 g/mol. The average molecular weight is 247 g/mol. The lowest BCUT2D eigenvalue weighted by Crippen LogP contribution is -2.53. The number of amides is 2. The average Bonchev–Trinajstić information content (AvgIpc) is 2.41. The number of urea groups is 1. The molecule has 1 fully saturated rings. The van der Waals surface area contributed by atoms with Crippen LogP contribution in [0, 0.1) is 5.92 Å². The third-order valence-electron chi connectivity index (χ3n) is 3.50. The summed E-state index contributed by atoms with van der Waals surface area (Å²) < 4.78 is 0. The Morgan fingerprint density at radius 2 is 2.17 bits per heavy atom. The van der Waals surface area contributed by atoms with Crippen molar-refractivity contribution >= 4 is 6.03 Å². The van der Waals surface area contributed by atoms with Gasteiger partial charge in [-0.3, -0.25) is 0 Å². The van der Waals surface area contributed by atoms with Gasteiger partial charge in [0, 0.05) is 25.6 Å². The zero-order chi connectivity index (χ0) is 13.0. The van der Waals surface area contributed by atoms with Crippen molar-refractivity contribution in [1.29, 1.82) is 0 Å². The molecular formula is C14H21N3O. The molecule has 0 radical (unpaired) electrons. The van der Waals surface area contributed by atoms with Crippen LogP contribution in [0.3, 0.4) is 0 Å². The molecule has 98 valence electrons. The molecule has 1 heterocycles. The van der Waals surface area contributed by atoms with Crippen molar-refractivity contribution in [3.63, 3.8) is 0 Å². The van der Waals surface area contributed by atoms with Crippen LogP contribution in [0.5, 0.6) is 0 Å². The van der Waals surface area contributed by atoms with Gasteiger partial charge in [-0.15, -0.1) is 0 Å². The van der Waals surface area contributed by atoms with Crippen LogP contribution in [0.2, 0.25) is 0 Å². The van der Waals surface area contributed by atoms with E-state index in [2.05, 4.69) is 29.7 Å². The van der Waals surface area contributed by atoms with Crippen molar-refractivity contribution in [3.05, 3.63) is 35.9 Å². The van der Waals surface area contributed by atoms with Gasteiger partial charge in [0.1, 0.15) is 0 Å². The van der Waals surface area contributed by atoms with Gasteiger partial charge in [-0.05, 0) is 19.5 Å². The van der Waals surface area contributed by atoms with Crippen molar-refractivity contribution in [2.75, 3.05) is 26.7 Å². The summed E-state index contributed by atoms with van der Waals surface area (Å²) >= 11 is 0. The van der Waals surface area contributed by atoms with Gasteiger partial charge in [-0.1, -0.05) is 30.3 Å². The van der Waals surface area contributed by atoms with Gasteiger partial charge < -0.3 is 15.5 Å². The molecule has 0 aromatic heterocycles. The minimum absolute atomic E-state index is 0.0405. The fourth-order valence-corrected chi connectivity index (χ4v) is 2.43. The van der Waals surface area contributed by atoms with E-state index in [1.165, 1.54) is 5.56 Å². The first-order chi connectivity index (χ1) is 8.72. The Bertz CT molecular complexity index is 393. The van der Waals surface area contributed by atoms with E-state index in [1.54, 1.807) is 0 Å². The fraction of sp³-hybridized carbons (Fsp3) is 0.500. The SMILES string of the molecule is CNCC1CNC(=O)N(C(C)c2ccccc2)C1. The number of benzene rings is 1. The summed E-state index contributed by atoms with van der Waals surface area (Å²) in [7, 11) is 1.95. The number of hydrogen-bond donors (Lipinski definition) is 2. The second-order valence-electron chi connectivity index (χ2n) is 4.85. The predicted molar refractivity (Wildman–Crippen MR) is 72.4 cm³/mol. The molecule has 4 nitrogen and oxygen atoms in total. The molecule has 2 unspecified atom stereocenters. The molecule has 1 aromatic rings. The van der Waals surface area contributed by atoms with Crippen LogP contribution in [0.25, 0.3) is 0 Å². The first-order valence-corrected chi connectivity index (χ1v) is 6.46. The standard InChI is InChI=1S/C14H21N3O/c1-11(13-6-4-3-5-7-13)17-10-12(8-15-2)9-16-14(17)18/h3-7,11-12,15H,8-10H2,1-2H3,(H,16,18). The second kappa shape index (κ2) is 5.87. The molecule has 0 bridgehead atoms. The Labute approximate surface area is 108 Å². The summed E-state index contributed by atoms with van der Waals surface area (Å²) in [4.78, 5) is 13.9. The number of rotatable bonds is 4. The van der Waals surface area contributed by atoms with E-state index in [1.807, 2.05) is 30.1 Å². The summed E-state index contributed by atoms with van der Waals surface area (Å²) in [6.45, 7) is 4.58. The Morgan fingerprint density at radius 1 is 1.44 bits per heavy atom. The Balaban J connectivity index is 2.08. The molecule has 1 aliphatic rings. The molecule has 1 saturated heterocycles. The molecule has 1 aromatic carbocycles. The maximum atomic E-state index is 12.0. The van der Waals surface area contributed by atoms with Gasteiger partial charge in [-0.25, -0.2) is 4.79 Å². The molecule has 0 aliphatic carbocycles. The van der Waals surface area contributed by atoms with Gasteiger partial charge in [0.25, 0.3) is 0 Å². The van der Waals surface area contributed by atoms with Crippen LogP contribution >= 0.6 is 0 Å². The topological polar surface area (TPSA) is 44.4 Å². The third kappa shape index (κ3) is 2.82. The molecule has 0 spiro atoms.